The van der Waals surface area contributed by atoms with E-state index in [0.29, 0.717) is 46.2 Å². The Bertz CT molecular complexity index is 188. The fourth-order valence-electron chi connectivity index (χ4n) is 1.15. The zero-order chi connectivity index (χ0) is 13.5. The molecular formula is C13H27NO4. The van der Waals surface area contributed by atoms with Crippen molar-refractivity contribution in [1.82, 2.24) is 5.32 Å². The van der Waals surface area contributed by atoms with Crippen molar-refractivity contribution in [2.45, 2.75) is 6.92 Å². The second-order valence-electron chi connectivity index (χ2n) is 3.80. The number of hydrogen-bond acceptors (Lipinski definition) is 5. The van der Waals surface area contributed by atoms with Crippen LogP contribution in [-0.4, -0.2) is 66.4 Å². The molecule has 108 valence electrons. The van der Waals surface area contributed by atoms with Gasteiger partial charge < -0.3 is 24.3 Å². The highest BCUT2D eigenvalue weighted by atomic mass is 16.6. The highest BCUT2D eigenvalue weighted by molar-refractivity contribution is 4.96. The lowest BCUT2D eigenvalue weighted by Gasteiger charge is -2.08. The summed E-state index contributed by atoms with van der Waals surface area (Å²) in [5.41, 5.74) is 1.06. The van der Waals surface area contributed by atoms with E-state index in [2.05, 4.69) is 18.8 Å². The molecule has 0 heterocycles. The Morgan fingerprint density at radius 1 is 0.944 bits per heavy atom. The summed E-state index contributed by atoms with van der Waals surface area (Å²) in [4.78, 5) is 0. The van der Waals surface area contributed by atoms with E-state index in [1.807, 2.05) is 0 Å². The molecule has 0 fully saturated rings. The minimum absolute atomic E-state index is 0.584. The van der Waals surface area contributed by atoms with Gasteiger partial charge in [0.2, 0.25) is 0 Å². The van der Waals surface area contributed by atoms with E-state index in [4.69, 9.17) is 18.9 Å². The van der Waals surface area contributed by atoms with Crippen molar-refractivity contribution in [1.29, 1.82) is 0 Å². The molecular weight excluding hydrogens is 234 g/mol. The first-order valence-electron chi connectivity index (χ1n) is 6.40. The molecule has 0 aromatic carbocycles. The van der Waals surface area contributed by atoms with Crippen molar-refractivity contribution in [2.24, 2.45) is 0 Å². The van der Waals surface area contributed by atoms with Crippen molar-refractivity contribution >= 4 is 0 Å². The number of methoxy groups -OCH3 is 1. The summed E-state index contributed by atoms with van der Waals surface area (Å²) < 4.78 is 20.9. The molecule has 18 heavy (non-hydrogen) atoms. The lowest BCUT2D eigenvalue weighted by molar-refractivity contribution is 0.00634. The Morgan fingerprint density at radius 2 is 1.50 bits per heavy atom. The van der Waals surface area contributed by atoms with Crippen molar-refractivity contribution < 1.29 is 18.9 Å². The van der Waals surface area contributed by atoms with Crippen molar-refractivity contribution in [3.63, 3.8) is 0 Å². The fraction of sp³-hybridized carbons (Fsp3) is 0.846. The van der Waals surface area contributed by atoms with Gasteiger partial charge >= 0.3 is 0 Å². The highest BCUT2D eigenvalue weighted by Crippen LogP contribution is 1.89. The molecule has 0 radical (unpaired) electrons. The third kappa shape index (κ3) is 13.6. The Morgan fingerprint density at radius 3 is 2.06 bits per heavy atom. The Labute approximate surface area is 110 Å². The van der Waals surface area contributed by atoms with Crippen LogP contribution in [0, 0.1) is 0 Å². The van der Waals surface area contributed by atoms with Gasteiger partial charge in [0.25, 0.3) is 0 Å². The second-order valence-corrected chi connectivity index (χ2v) is 3.80. The first-order valence-corrected chi connectivity index (χ1v) is 6.40. The van der Waals surface area contributed by atoms with Crippen LogP contribution in [0.4, 0.5) is 0 Å². The van der Waals surface area contributed by atoms with E-state index in [0.717, 1.165) is 18.7 Å². The topological polar surface area (TPSA) is 49.0 Å². The summed E-state index contributed by atoms with van der Waals surface area (Å²) in [7, 11) is 1.65. The van der Waals surface area contributed by atoms with E-state index in [1.54, 1.807) is 7.11 Å². The highest BCUT2D eigenvalue weighted by Gasteiger charge is 1.94. The molecule has 0 amide bonds. The summed E-state index contributed by atoms with van der Waals surface area (Å²) >= 11 is 0. The molecule has 0 aliphatic heterocycles. The number of hydrogen-bond donors (Lipinski definition) is 1. The quantitative estimate of drug-likeness (QED) is 0.371. The van der Waals surface area contributed by atoms with Gasteiger partial charge in [-0.05, 0) is 12.1 Å². The zero-order valence-corrected chi connectivity index (χ0v) is 11.7. The summed E-state index contributed by atoms with van der Waals surface area (Å²) in [6.07, 6.45) is 0. The second kappa shape index (κ2) is 14.6. The van der Waals surface area contributed by atoms with Crippen molar-refractivity contribution in [3.8, 4) is 0 Å². The summed E-state index contributed by atoms with van der Waals surface area (Å²) in [6, 6.07) is 0. The largest absolute Gasteiger partial charge is 0.382 e. The minimum atomic E-state index is 0.584. The van der Waals surface area contributed by atoms with Crippen LogP contribution in [0.1, 0.15) is 6.92 Å². The minimum Gasteiger partial charge on any atom is -0.382 e. The normalized spacial score (nSPS) is 10.8. The van der Waals surface area contributed by atoms with Crippen LogP contribution in [0.5, 0.6) is 0 Å². The van der Waals surface area contributed by atoms with Crippen LogP contribution in [0.2, 0.25) is 0 Å². The van der Waals surface area contributed by atoms with Crippen molar-refractivity contribution in [2.75, 3.05) is 66.4 Å². The molecule has 0 spiro atoms. The van der Waals surface area contributed by atoms with Crippen LogP contribution in [0.3, 0.4) is 0 Å². The predicted octanol–water partition coefficient (Wildman–Crippen LogP) is 0.848. The van der Waals surface area contributed by atoms with Crippen LogP contribution in [0.15, 0.2) is 12.2 Å². The molecule has 0 bridgehead atoms. The lowest BCUT2D eigenvalue weighted by Crippen LogP contribution is -2.19. The lowest BCUT2D eigenvalue weighted by atomic mass is 10.3. The van der Waals surface area contributed by atoms with Gasteiger partial charge in [-0.1, -0.05) is 13.5 Å². The summed E-state index contributed by atoms with van der Waals surface area (Å²) in [6.45, 7) is 11.9. The maximum absolute atomic E-state index is 5.41. The molecule has 0 aromatic rings. The summed E-state index contributed by atoms with van der Waals surface area (Å²) in [5, 5.41) is 3.20. The maximum Gasteiger partial charge on any atom is 0.0704 e. The predicted molar refractivity (Wildman–Crippen MR) is 72.0 cm³/mol. The van der Waals surface area contributed by atoms with E-state index < -0.39 is 0 Å². The average Bonchev–Trinajstić information content (AvgIpc) is 2.38. The third-order valence-corrected chi connectivity index (χ3v) is 2.11. The third-order valence-electron chi connectivity index (χ3n) is 2.11. The van der Waals surface area contributed by atoms with Gasteiger partial charge in [0, 0.05) is 13.7 Å². The average molecular weight is 261 g/mol. The molecule has 0 aliphatic rings. The standard InChI is InChI=1S/C13H27NO4/c1-4-14-11-13(2)12-18-10-9-17-8-7-16-6-5-15-3/h14H,2,4-12H2,1,3H3. The molecule has 1 N–H and O–H groups in total. The van der Waals surface area contributed by atoms with E-state index in [-0.39, 0.29) is 0 Å². The van der Waals surface area contributed by atoms with Gasteiger partial charge in [0.1, 0.15) is 0 Å². The Kier molecular flexibility index (Phi) is 14.2. The molecule has 0 unspecified atom stereocenters. The molecule has 5 heteroatoms. The van der Waals surface area contributed by atoms with Crippen LogP contribution in [0.25, 0.3) is 0 Å². The number of ether oxygens (including phenoxy) is 4. The smallest absolute Gasteiger partial charge is 0.0704 e. The fourth-order valence-corrected chi connectivity index (χ4v) is 1.15. The van der Waals surface area contributed by atoms with Gasteiger partial charge in [-0.25, -0.2) is 0 Å². The molecule has 0 rings (SSSR count). The summed E-state index contributed by atoms with van der Waals surface area (Å²) in [5.74, 6) is 0. The number of rotatable bonds is 14. The van der Waals surface area contributed by atoms with Crippen molar-refractivity contribution in [3.05, 3.63) is 12.2 Å². The molecule has 0 saturated heterocycles. The van der Waals surface area contributed by atoms with Crippen LogP contribution >= 0.6 is 0 Å². The first-order chi connectivity index (χ1) is 8.81. The Balaban J connectivity index is 3.04. The maximum atomic E-state index is 5.41. The van der Waals surface area contributed by atoms with E-state index >= 15 is 0 Å². The molecule has 0 atom stereocenters. The zero-order valence-electron chi connectivity index (χ0n) is 11.7. The first kappa shape index (κ1) is 17.5. The monoisotopic (exact) mass is 261 g/mol. The number of likely N-dealkylation sites (N-methyl/N-ethyl adjacent to an activating group) is 1. The van der Waals surface area contributed by atoms with E-state index in [1.165, 1.54) is 0 Å². The van der Waals surface area contributed by atoms with E-state index in [9.17, 15) is 0 Å². The Hall–Kier alpha value is -0.460. The van der Waals surface area contributed by atoms with Gasteiger partial charge in [-0.2, -0.15) is 0 Å². The molecule has 0 aliphatic carbocycles. The molecule has 5 nitrogen and oxygen atoms in total. The van der Waals surface area contributed by atoms with Crippen LogP contribution < -0.4 is 5.32 Å². The molecule has 0 aromatic heterocycles. The van der Waals surface area contributed by atoms with Gasteiger partial charge in [0.15, 0.2) is 0 Å². The van der Waals surface area contributed by atoms with Gasteiger partial charge in [0.05, 0.1) is 46.2 Å². The van der Waals surface area contributed by atoms with Crippen LogP contribution in [-0.2, 0) is 18.9 Å². The van der Waals surface area contributed by atoms with Gasteiger partial charge in [-0.3, -0.25) is 0 Å². The number of nitrogens with one attached hydrogen (secondary N) is 1. The SMILES string of the molecule is C=C(CNCC)COCCOCCOCCOC. The molecule has 0 saturated carbocycles. The van der Waals surface area contributed by atoms with Gasteiger partial charge in [-0.15, -0.1) is 0 Å².